The number of aromatic nitrogens is 4. The van der Waals surface area contributed by atoms with Gasteiger partial charge in [-0.05, 0) is 18.7 Å². The first-order chi connectivity index (χ1) is 8.58. The number of nitrogens with zero attached hydrogens (tertiary/aromatic N) is 3. The van der Waals surface area contributed by atoms with E-state index in [2.05, 4.69) is 25.3 Å². The third kappa shape index (κ3) is 2.77. The summed E-state index contributed by atoms with van der Waals surface area (Å²) < 4.78 is 0. The molecule has 0 aliphatic heterocycles. The molecule has 2 aromatic heterocycles. The van der Waals surface area contributed by atoms with Crippen molar-refractivity contribution in [1.82, 2.24) is 19.9 Å². The highest BCUT2D eigenvalue weighted by Crippen LogP contribution is 2.25. The van der Waals surface area contributed by atoms with Crippen molar-refractivity contribution >= 4 is 23.5 Å². The summed E-state index contributed by atoms with van der Waals surface area (Å²) in [5.41, 5.74) is 6.12. The lowest BCUT2D eigenvalue weighted by molar-refractivity contribution is 0.932. The topological polar surface area (TPSA) is 110 Å². The van der Waals surface area contributed by atoms with Gasteiger partial charge in [-0.2, -0.15) is 0 Å². The minimum Gasteiger partial charge on any atom is -0.383 e. The van der Waals surface area contributed by atoms with Crippen molar-refractivity contribution in [3.05, 3.63) is 28.2 Å². The van der Waals surface area contributed by atoms with Crippen LogP contribution >= 0.6 is 11.8 Å². The summed E-state index contributed by atoms with van der Waals surface area (Å²) in [6, 6.07) is 1.23. The SMILES string of the molecule is CNc1ncc(C)c(Sc2nc(N)cc(=O)[nH]2)n1. The number of nitrogens with two attached hydrogens (primary N) is 1. The summed E-state index contributed by atoms with van der Waals surface area (Å²) >= 11 is 1.23. The first-order valence-electron chi connectivity index (χ1n) is 5.14. The number of H-pyrrole nitrogens is 1. The van der Waals surface area contributed by atoms with Crippen LogP contribution in [0.1, 0.15) is 5.56 Å². The number of aryl methyl sites for hydroxylation is 1. The van der Waals surface area contributed by atoms with Gasteiger partial charge < -0.3 is 16.0 Å². The van der Waals surface area contributed by atoms with E-state index in [0.29, 0.717) is 16.1 Å². The van der Waals surface area contributed by atoms with Crippen LogP contribution in [0.5, 0.6) is 0 Å². The third-order valence-corrected chi connectivity index (χ3v) is 3.08. The molecule has 4 N–H and O–H groups in total. The zero-order chi connectivity index (χ0) is 13.1. The van der Waals surface area contributed by atoms with Gasteiger partial charge in [-0.1, -0.05) is 0 Å². The average Bonchev–Trinajstić information content (AvgIpc) is 2.30. The maximum Gasteiger partial charge on any atom is 0.253 e. The van der Waals surface area contributed by atoms with Crippen molar-refractivity contribution in [2.75, 3.05) is 18.1 Å². The summed E-state index contributed by atoms with van der Waals surface area (Å²) in [6.07, 6.45) is 1.70. The Morgan fingerprint density at radius 2 is 2.22 bits per heavy atom. The summed E-state index contributed by atoms with van der Waals surface area (Å²) in [5.74, 6) is 0.691. The van der Waals surface area contributed by atoms with E-state index in [1.165, 1.54) is 17.8 Å². The predicted octanol–water partition coefficient (Wildman–Crippen LogP) is 0.643. The summed E-state index contributed by atoms with van der Waals surface area (Å²) in [7, 11) is 1.74. The fourth-order valence-electron chi connectivity index (χ4n) is 1.24. The van der Waals surface area contributed by atoms with Gasteiger partial charge in [0.2, 0.25) is 5.95 Å². The molecule has 0 fully saturated rings. The maximum absolute atomic E-state index is 11.3. The Balaban J connectivity index is 2.36. The zero-order valence-electron chi connectivity index (χ0n) is 9.89. The van der Waals surface area contributed by atoms with E-state index < -0.39 is 0 Å². The van der Waals surface area contributed by atoms with Gasteiger partial charge in [0.05, 0.1) is 0 Å². The second-order valence-corrected chi connectivity index (χ2v) is 4.49. The standard InChI is InChI=1S/C10H12N6OS/c1-5-4-13-9(12-2)16-8(5)18-10-14-6(11)3-7(17)15-10/h3-4H,1-2H3,(H,12,13,16)(H3,11,14,15,17). The highest BCUT2D eigenvalue weighted by molar-refractivity contribution is 7.99. The van der Waals surface area contributed by atoms with Crippen molar-refractivity contribution in [2.45, 2.75) is 17.1 Å². The molecule has 0 amide bonds. The first kappa shape index (κ1) is 12.4. The van der Waals surface area contributed by atoms with Crippen molar-refractivity contribution in [2.24, 2.45) is 0 Å². The number of anilines is 2. The first-order valence-corrected chi connectivity index (χ1v) is 5.96. The molecule has 0 radical (unpaired) electrons. The van der Waals surface area contributed by atoms with Crippen LogP contribution in [0.3, 0.4) is 0 Å². The van der Waals surface area contributed by atoms with Gasteiger partial charge in [-0.15, -0.1) is 0 Å². The van der Waals surface area contributed by atoms with E-state index in [-0.39, 0.29) is 11.4 Å². The molecule has 2 aromatic rings. The van der Waals surface area contributed by atoms with Gasteiger partial charge in [0.15, 0.2) is 5.16 Å². The quantitative estimate of drug-likeness (QED) is 0.551. The van der Waals surface area contributed by atoms with Gasteiger partial charge in [0, 0.05) is 24.9 Å². The summed E-state index contributed by atoms with van der Waals surface area (Å²) in [4.78, 5) is 26.3. The fourth-order valence-corrected chi connectivity index (χ4v) is 2.07. The van der Waals surface area contributed by atoms with Crippen molar-refractivity contribution < 1.29 is 0 Å². The van der Waals surface area contributed by atoms with Crippen LogP contribution in [0.25, 0.3) is 0 Å². The van der Waals surface area contributed by atoms with Crippen molar-refractivity contribution in [3.8, 4) is 0 Å². The molecule has 18 heavy (non-hydrogen) atoms. The molecule has 7 nitrogen and oxygen atoms in total. The highest BCUT2D eigenvalue weighted by Gasteiger charge is 2.07. The van der Waals surface area contributed by atoms with Gasteiger partial charge in [-0.3, -0.25) is 4.79 Å². The molecule has 0 aromatic carbocycles. The maximum atomic E-state index is 11.3. The molecule has 0 atom stereocenters. The van der Waals surface area contributed by atoms with Crippen LogP contribution in [0, 0.1) is 6.92 Å². The van der Waals surface area contributed by atoms with Gasteiger partial charge >= 0.3 is 0 Å². The number of nitrogen functional groups attached to an aromatic ring is 1. The number of hydrogen-bond acceptors (Lipinski definition) is 7. The van der Waals surface area contributed by atoms with E-state index in [9.17, 15) is 4.79 Å². The molecule has 0 saturated heterocycles. The number of aromatic amines is 1. The molecular formula is C10H12N6OS. The smallest absolute Gasteiger partial charge is 0.253 e. The van der Waals surface area contributed by atoms with Crippen LogP contribution in [-0.4, -0.2) is 27.0 Å². The Labute approximate surface area is 107 Å². The van der Waals surface area contributed by atoms with E-state index >= 15 is 0 Å². The molecule has 2 heterocycles. The Morgan fingerprint density at radius 1 is 1.44 bits per heavy atom. The minimum absolute atomic E-state index is 0.182. The summed E-state index contributed by atoms with van der Waals surface area (Å²) in [5, 5.41) is 3.97. The van der Waals surface area contributed by atoms with E-state index in [1.54, 1.807) is 13.2 Å². The molecular weight excluding hydrogens is 252 g/mol. The molecule has 0 bridgehead atoms. The van der Waals surface area contributed by atoms with E-state index in [0.717, 1.165) is 5.56 Å². The molecule has 2 rings (SSSR count). The fraction of sp³-hybridized carbons (Fsp3) is 0.200. The molecule has 94 valence electrons. The molecule has 0 spiro atoms. The van der Waals surface area contributed by atoms with Crippen molar-refractivity contribution in [1.29, 1.82) is 0 Å². The lowest BCUT2D eigenvalue weighted by Crippen LogP contribution is -2.09. The number of nitrogens with one attached hydrogen (secondary N) is 2. The molecule has 0 saturated carbocycles. The Kier molecular flexibility index (Phi) is 3.47. The molecule has 0 aliphatic rings. The average molecular weight is 264 g/mol. The van der Waals surface area contributed by atoms with Gasteiger partial charge in [-0.25, -0.2) is 15.0 Å². The monoisotopic (exact) mass is 264 g/mol. The van der Waals surface area contributed by atoms with Crippen LogP contribution in [-0.2, 0) is 0 Å². The zero-order valence-corrected chi connectivity index (χ0v) is 10.7. The van der Waals surface area contributed by atoms with Crippen LogP contribution in [0.15, 0.2) is 27.2 Å². The lowest BCUT2D eigenvalue weighted by atomic mass is 10.4. The number of rotatable bonds is 3. The van der Waals surface area contributed by atoms with Crippen LogP contribution < -0.4 is 16.6 Å². The normalized spacial score (nSPS) is 10.3. The predicted molar refractivity (Wildman–Crippen MR) is 69.7 cm³/mol. The van der Waals surface area contributed by atoms with Crippen LogP contribution in [0.4, 0.5) is 11.8 Å². The molecule has 0 aliphatic carbocycles. The second-order valence-electron chi connectivity index (χ2n) is 3.51. The second kappa shape index (κ2) is 5.05. The van der Waals surface area contributed by atoms with Gasteiger partial charge in [0.25, 0.3) is 5.56 Å². The summed E-state index contributed by atoms with van der Waals surface area (Å²) in [6.45, 7) is 1.88. The van der Waals surface area contributed by atoms with Gasteiger partial charge in [0.1, 0.15) is 10.8 Å². The van der Waals surface area contributed by atoms with E-state index in [4.69, 9.17) is 5.73 Å². The Morgan fingerprint density at radius 3 is 2.89 bits per heavy atom. The largest absolute Gasteiger partial charge is 0.383 e. The Bertz CT molecular complexity index is 626. The lowest BCUT2D eigenvalue weighted by Gasteiger charge is -2.05. The third-order valence-electron chi connectivity index (χ3n) is 2.08. The van der Waals surface area contributed by atoms with E-state index in [1.807, 2.05) is 6.92 Å². The minimum atomic E-state index is -0.287. The Hall–Kier alpha value is -2.09. The molecule has 0 unspecified atom stereocenters. The molecule has 8 heteroatoms. The van der Waals surface area contributed by atoms with Crippen LogP contribution in [0.2, 0.25) is 0 Å². The number of hydrogen-bond donors (Lipinski definition) is 3. The van der Waals surface area contributed by atoms with Crippen molar-refractivity contribution in [3.63, 3.8) is 0 Å². The highest BCUT2D eigenvalue weighted by atomic mass is 32.2.